The number of nitrogens with one attached hydrogen (secondary N) is 1. The Labute approximate surface area is 197 Å². The summed E-state index contributed by atoms with van der Waals surface area (Å²) in [7, 11) is -3.23. The van der Waals surface area contributed by atoms with Crippen molar-refractivity contribution in [2.75, 3.05) is 18.1 Å². The van der Waals surface area contributed by atoms with Gasteiger partial charge in [0.05, 0.1) is 35.1 Å². The van der Waals surface area contributed by atoms with Gasteiger partial charge in [-0.25, -0.2) is 22.8 Å². The van der Waals surface area contributed by atoms with Gasteiger partial charge in [-0.3, -0.25) is 9.20 Å². The number of rotatable bonds is 6. The molecule has 0 aliphatic carbocycles. The van der Waals surface area contributed by atoms with Crippen LogP contribution in [0.4, 0.5) is 17.6 Å². The highest BCUT2D eigenvalue weighted by atomic mass is 32.2. The number of pyridine rings is 2. The summed E-state index contributed by atoms with van der Waals surface area (Å²) in [6, 6.07) is 3.66. The number of sulfone groups is 1. The molecule has 3 aromatic rings. The van der Waals surface area contributed by atoms with Crippen molar-refractivity contribution in [2.45, 2.75) is 32.0 Å². The van der Waals surface area contributed by atoms with E-state index in [0.717, 1.165) is 12.3 Å². The molecular weight excluding hydrogens is 496 g/mol. The molecule has 4 rings (SSSR count). The number of nitrogens with zero attached hydrogens (tertiary/aromatic N) is 3. The predicted octanol–water partition coefficient (Wildman–Crippen LogP) is 3.22. The first-order valence-corrected chi connectivity index (χ1v) is 12.1. The van der Waals surface area contributed by atoms with Crippen LogP contribution < -0.4 is 14.8 Å². The molecule has 14 heteroatoms. The maximum Gasteiger partial charge on any atom is 0.422 e. The fourth-order valence-corrected chi connectivity index (χ4v) is 5.81. The van der Waals surface area contributed by atoms with Crippen LogP contribution in [-0.4, -0.2) is 58.5 Å². The smallest absolute Gasteiger partial charge is 0.422 e. The molecule has 188 valence electrons. The lowest BCUT2D eigenvalue weighted by molar-refractivity contribution is -0.153. The molecule has 1 aliphatic heterocycles. The average Bonchev–Trinajstić information content (AvgIpc) is 3.22. The third kappa shape index (κ3) is 5.63. The van der Waals surface area contributed by atoms with Crippen molar-refractivity contribution in [1.29, 1.82) is 0 Å². The zero-order valence-corrected chi connectivity index (χ0v) is 19.3. The lowest BCUT2D eigenvalue weighted by atomic mass is 10.0. The number of amides is 1. The van der Waals surface area contributed by atoms with Gasteiger partial charge in [-0.1, -0.05) is 0 Å². The van der Waals surface area contributed by atoms with E-state index in [1.807, 2.05) is 0 Å². The van der Waals surface area contributed by atoms with Crippen molar-refractivity contribution >= 4 is 21.4 Å². The molecule has 1 amide bonds. The number of carbonyl (C=O) groups excluding carboxylic acids is 1. The summed E-state index contributed by atoms with van der Waals surface area (Å²) in [6.07, 6.45) is -2.17. The second-order valence-corrected chi connectivity index (χ2v) is 10.6. The van der Waals surface area contributed by atoms with Crippen LogP contribution in [-0.2, 0) is 9.84 Å². The van der Waals surface area contributed by atoms with E-state index in [4.69, 9.17) is 4.74 Å². The van der Waals surface area contributed by atoms with Gasteiger partial charge in [0, 0.05) is 6.07 Å². The van der Waals surface area contributed by atoms with Crippen LogP contribution >= 0.6 is 0 Å². The molecule has 9 nitrogen and oxygen atoms in total. The van der Waals surface area contributed by atoms with Gasteiger partial charge in [-0.15, -0.1) is 0 Å². The Bertz CT molecular complexity index is 1410. The first-order valence-electron chi connectivity index (χ1n) is 10.3. The Kier molecular flexibility index (Phi) is 6.11. The van der Waals surface area contributed by atoms with Crippen LogP contribution in [0.1, 0.15) is 29.5 Å². The standard InChI is InChI=1S/C21H20F4N4O5S/c1-12-17(18(30)28-20(2)5-6-35(31,32)11-20)27-16-4-3-14(9-29(12)16)34-19-15(7-13(22)8-26-19)33-10-21(23,24)25/h3-4,7-9H,5-6,10-11H2,1-2H3,(H,28,30)/t20-/m1/s1. The molecule has 0 bridgehead atoms. The molecule has 1 saturated heterocycles. The summed E-state index contributed by atoms with van der Waals surface area (Å²) in [5.41, 5.74) is -0.0624. The minimum absolute atomic E-state index is 0.0132. The third-order valence-corrected chi connectivity index (χ3v) is 7.26. The number of aromatic nitrogens is 3. The first kappa shape index (κ1) is 24.7. The van der Waals surface area contributed by atoms with E-state index in [0.29, 0.717) is 11.3 Å². The summed E-state index contributed by atoms with van der Waals surface area (Å²) < 4.78 is 86.4. The normalized spacial score (nSPS) is 19.6. The van der Waals surface area contributed by atoms with Crippen molar-refractivity contribution < 1.29 is 40.2 Å². The highest BCUT2D eigenvalue weighted by molar-refractivity contribution is 7.91. The van der Waals surface area contributed by atoms with Crippen molar-refractivity contribution in [3.8, 4) is 17.4 Å². The quantitative estimate of drug-likeness (QED) is 0.501. The zero-order chi connectivity index (χ0) is 25.6. The Balaban J connectivity index is 1.58. The zero-order valence-electron chi connectivity index (χ0n) is 18.5. The lowest BCUT2D eigenvalue weighted by Crippen LogP contribution is -2.47. The number of carbonyl (C=O) groups is 1. The van der Waals surface area contributed by atoms with Crippen LogP contribution in [0.25, 0.3) is 5.65 Å². The molecule has 0 spiro atoms. The van der Waals surface area contributed by atoms with Gasteiger partial charge in [-0.2, -0.15) is 13.2 Å². The fraction of sp³-hybridized carbons (Fsp3) is 0.381. The molecule has 0 radical (unpaired) electrons. The number of halogens is 4. The van der Waals surface area contributed by atoms with Crippen LogP contribution in [0.15, 0.2) is 30.6 Å². The summed E-state index contributed by atoms with van der Waals surface area (Å²) in [6.45, 7) is 1.61. The maximum atomic E-state index is 13.5. The molecule has 0 aromatic carbocycles. The van der Waals surface area contributed by atoms with E-state index >= 15 is 0 Å². The largest absolute Gasteiger partial charge is 0.478 e. The summed E-state index contributed by atoms with van der Waals surface area (Å²) in [4.78, 5) is 20.8. The van der Waals surface area contributed by atoms with Gasteiger partial charge >= 0.3 is 6.18 Å². The molecule has 3 aromatic heterocycles. The lowest BCUT2D eigenvalue weighted by Gasteiger charge is -2.23. The van der Waals surface area contributed by atoms with Crippen molar-refractivity contribution in [3.05, 3.63) is 47.8 Å². The summed E-state index contributed by atoms with van der Waals surface area (Å²) >= 11 is 0. The number of hydrogen-bond acceptors (Lipinski definition) is 7. The molecule has 0 saturated carbocycles. The predicted molar refractivity (Wildman–Crippen MR) is 115 cm³/mol. The second kappa shape index (κ2) is 8.66. The number of imidazole rings is 1. The van der Waals surface area contributed by atoms with Gasteiger partial charge in [0.1, 0.15) is 22.9 Å². The van der Waals surface area contributed by atoms with Gasteiger partial charge in [0.25, 0.3) is 11.8 Å². The molecule has 35 heavy (non-hydrogen) atoms. The third-order valence-electron chi connectivity index (χ3n) is 5.35. The number of fused-ring (bicyclic) bond motifs is 1. The monoisotopic (exact) mass is 516 g/mol. The first-order chi connectivity index (χ1) is 16.2. The van der Waals surface area contributed by atoms with Gasteiger partial charge in [0.15, 0.2) is 22.2 Å². The Morgan fingerprint density at radius 1 is 1.31 bits per heavy atom. The molecule has 1 fully saturated rings. The Hall–Kier alpha value is -3.42. The number of hydrogen-bond donors (Lipinski definition) is 1. The van der Waals surface area contributed by atoms with Crippen molar-refractivity contribution in [1.82, 2.24) is 19.7 Å². The summed E-state index contributed by atoms with van der Waals surface area (Å²) in [5, 5.41) is 2.74. The van der Waals surface area contributed by atoms with E-state index in [2.05, 4.69) is 20.0 Å². The number of alkyl halides is 3. The Morgan fingerprint density at radius 2 is 2.06 bits per heavy atom. The van der Waals surface area contributed by atoms with Gasteiger partial charge < -0.3 is 14.8 Å². The van der Waals surface area contributed by atoms with E-state index in [1.54, 1.807) is 13.8 Å². The van der Waals surface area contributed by atoms with Crippen LogP contribution in [0, 0.1) is 12.7 Å². The molecule has 1 N–H and O–H groups in total. The molecule has 4 heterocycles. The molecule has 0 unspecified atom stereocenters. The van der Waals surface area contributed by atoms with E-state index < -0.39 is 45.6 Å². The van der Waals surface area contributed by atoms with Crippen LogP contribution in [0.2, 0.25) is 0 Å². The SMILES string of the molecule is Cc1c(C(=O)N[C@]2(C)CCS(=O)(=O)C2)nc2ccc(Oc3ncc(F)cc3OCC(F)(F)F)cn12. The van der Waals surface area contributed by atoms with Gasteiger partial charge in [-0.05, 0) is 32.4 Å². The molecular formula is C21H20F4N4O5S. The van der Waals surface area contributed by atoms with Crippen LogP contribution in [0.3, 0.4) is 0 Å². The topological polar surface area (TPSA) is 112 Å². The summed E-state index contributed by atoms with van der Waals surface area (Å²) in [5.74, 6) is -2.45. The van der Waals surface area contributed by atoms with Crippen molar-refractivity contribution in [2.24, 2.45) is 0 Å². The van der Waals surface area contributed by atoms with E-state index in [9.17, 15) is 30.8 Å². The van der Waals surface area contributed by atoms with Gasteiger partial charge in [0.2, 0.25) is 0 Å². The van der Waals surface area contributed by atoms with Crippen LogP contribution in [0.5, 0.6) is 17.4 Å². The van der Waals surface area contributed by atoms with E-state index in [1.165, 1.54) is 22.7 Å². The second-order valence-electron chi connectivity index (χ2n) is 8.46. The average molecular weight is 516 g/mol. The highest BCUT2D eigenvalue weighted by Gasteiger charge is 2.40. The molecule has 1 atom stereocenters. The fourth-order valence-electron chi connectivity index (χ4n) is 3.72. The van der Waals surface area contributed by atoms with E-state index in [-0.39, 0.29) is 35.2 Å². The maximum absolute atomic E-state index is 13.5. The Morgan fingerprint density at radius 3 is 2.71 bits per heavy atom. The van der Waals surface area contributed by atoms with Crippen molar-refractivity contribution in [3.63, 3.8) is 0 Å². The molecule has 1 aliphatic rings. The number of ether oxygens (including phenoxy) is 2. The number of aryl methyl sites for hydroxylation is 1. The minimum Gasteiger partial charge on any atom is -0.478 e. The highest BCUT2D eigenvalue weighted by Crippen LogP contribution is 2.32. The minimum atomic E-state index is -4.65.